The summed E-state index contributed by atoms with van der Waals surface area (Å²) in [6.45, 7) is 16.7. The van der Waals surface area contributed by atoms with Crippen LogP contribution < -0.4 is 0 Å². The van der Waals surface area contributed by atoms with Gasteiger partial charge in [-0.25, -0.2) is 0 Å². The van der Waals surface area contributed by atoms with Crippen LogP contribution in [-0.4, -0.2) is 24.4 Å². The second kappa shape index (κ2) is 6.54. The van der Waals surface area contributed by atoms with Gasteiger partial charge in [0.05, 0.1) is 0 Å². The van der Waals surface area contributed by atoms with E-state index in [-0.39, 0.29) is 16.7 Å². The summed E-state index contributed by atoms with van der Waals surface area (Å²) in [4.78, 5) is 14.7. The van der Waals surface area contributed by atoms with Gasteiger partial charge in [-0.05, 0) is 29.2 Å². The van der Waals surface area contributed by atoms with Crippen molar-refractivity contribution < 1.29 is 4.79 Å². The van der Waals surface area contributed by atoms with Crippen LogP contribution >= 0.6 is 0 Å². The molecule has 1 aliphatic rings. The minimum Gasteiger partial charge on any atom is -0.341 e. The minimum atomic E-state index is 0.122. The highest BCUT2D eigenvalue weighted by molar-refractivity contribution is 5.80. The molecule has 122 valence electrons. The van der Waals surface area contributed by atoms with E-state index in [1.54, 1.807) is 0 Å². The van der Waals surface area contributed by atoms with Crippen molar-refractivity contribution in [3.63, 3.8) is 0 Å². The van der Waals surface area contributed by atoms with Crippen molar-refractivity contribution in [2.75, 3.05) is 13.6 Å². The number of likely N-dealkylation sites (N-methyl/N-ethyl adjacent to an activating group) is 1. The molecule has 1 unspecified atom stereocenters. The molecular formula is C19H35NO. The molecular weight excluding hydrogens is 258 g/mol. The molecule has 0 aromatic rings. The Balaban J connectivity index is 3.27. The molecule has 2 heteroatoms. The molecule has 1 heterocycles. The monoisotopic (exact) mass is 293 g/mol. The molecule has 0 bridgehead atoms. The first-order valence-corrected chi connectivity index (χ1v) is 8.46. The number of carbonyl (C=O) groups excluding carboxylic acids is 1. The third-order valence-corrected chi connectivity index (χ3v) is 4.65. The van der Waals surface area contributed by atoms with Crippen molar-refractivity contribution in [1.82, 2.24) is 4.90 Å². The summed E-state index contributed by atoms with van der Waals surface area (Å²) in [5, 5.41) is 0. The summed E-state index contributed by atoms with van der Waals surface area (Å²) in [5.74, 6) is 0.508. The summed E-state index contributed by atoms with van der Waals surface area (Å²) in [5.41, 5.74) is 3.23. The molecule has 0 aromatic carbocycles. The molecule has 1 amide bonds. The first-order valence-electron chi connectivity index (χ1n) is 8.46. The molecule has 2 nitrogen and oxygen atoms in total. The van der Waals surface area contributed by atoms with Gasteiger partial charge in [0.2, 0.25) is 5.91 Å². The molecule has 1 rings (SSSR count). The van der Waals surface area contributed by atoms with Gasteiger partial charge in [0.1, 0.15) is 0 Å². The van der Waals surface area contributed by atoms with E-state index in [0.717, 1.165) is 32.2 Å². The fourth-order valence-corrected chi connectivity index (χ4v) is 3.30. The third kappa shape index (κ3) is 4.59. The van der Waals surface area contributed by atoms with E-state index in [1.165, 1.54) is 11.1 Å². The lowest BCUT2D eigenvalue weighted by molar-refractivity contribution is -0.133. The highest BCUT2D eigenvalue weighted by atomic mass is 16.2. The lowest BCUT2D eigenvalue weighted by Gasteiger charge is -2.33. The number of unbranched alkanes of at least 4 members (excludes halogenated alkanes) is 1. The molecule has 0 spiro atoms. The Morgan fingerprint density at radius 3 is 2.00 bits per heavy atom. The predicted octanol–water partition coefficient (Wildman–Crippen LogP) is 5.04. The van der Waals surface area contributed by atoms with Crippen molar-refractivity contribution >= 4 is 5.91 Å². The Bertz CT molecular complexity index is 406. The van der Waals surface area contributed by atoms with E-state index in [2.05, 4.69) is 48.5 Å². The van der Waals surface area contributed by atoms with Crippen LogP contribution in [0, 0.1) is 16.7 Å². The molecule has 1 aliphatic heterocycles. The zero-order valence-corrected chi connectivity index (χ0v) is 15.5. The quantitative estimate of drug-likeness (QED) is 0.667. The number of carbonyl (C=O) groups is 1. The normalized spacial score (nSPS) is 21.8. The van der Waals surface area contributed by atoms with Crippen LogP contribution in [0.2, 0.25) is 0 Å². The van der Waals surface area contributed by atoms with Crippen LogP contribution in [0.15, 0.2) is 11.1 Å². The summed E-state index contributed by atoms with van der Waals surface area (Å²) in [6, 6.07) is 0. The SMILES string of the molecule is CCCCC1CC(C(C)(C)C)=C(C(C)(C)C)CN(C)C1=O. The van der Waals surface area contributed by atoms with Gasteiger partial charge < -0.3 is 4.90 Å². The van der Waals surface area contributed by atoms with Gasteiger partial charge in [-0.1, -0.05) is 66.9 Å². The molecule has 0 saturated heterocycles. The Morgan fingerprint density at radius 1 is 1.05 bits per heavy atom. The zero-order chi connectivity index (χ0) is 16.4. The van der Waals surface area contributed by atoms with Crippen LogP contribution in [0.1, 0.15) is 74.1 Å². The van der Waals surface area contributed by atoms with E-state index in [0.29, 0.717) is 5.91 Å². The first kappa shape index (κ1) is 18.3. The molecule has 0 radical (unpaired) electrons. The zero-order valence-electron chi connectivity index (χ0n) is 15.5. The maximum absolute atomic E-state index is 12.7. The minimum absolute atomic E-state index is 0.122. The van der Waals surface area contributed by atoms with Gasteiger partial charge in [-0.15, -0.1) is 0 Å². The molecule has 0 aliphatic carbocycles. The molecule has 0 aromatic heterocycles. The molecule has 0 saturated carbocycles. The number of rotatable bonds is 3. The topological polar surface area (TPSA) is 20.3 Å². The van der Waals surface area contributed by atoms with E-state index >= 15 is 0 Å². The van der Waals surface area contributed by atoms with E-state index in [9.17, 15) is 4.79 Å². The lowest BCUT2D eigenvalue weighted by atomic mass is 9.72. The average Bonchev–Trinajstić information content (AvgIpc) is 2.45. The molecule has 0 N–H and O–H groups in total. The summed E-state index contributed by atoms with van der Waals surface area (Å²) >= 11 is 0. The van der Waals surface area contributed by atoms with Gasteiger partial charge in [0.25, 0.3) is 0 Å². The summed E-state index contributed by atoms with van der Waals surface area (Å²) in [7, 11) is 1.97. The largest absolute Gasteiger partial charge is 0.341 e. The second-order valence-electron chi connectivity index (χ2n) is 8.69. The van der Waals surface area contributed by atoms with Gasteiger partial charge >= 0.3 is 0 Å². The third-order valence-electron chi connectivity index (χ3n) is 4.65. The highest BCUT2D eigenvalue weighted by Crippen LogP contribution is 2.42. The number of nitrogens with zero attached hydrogens (tertiary/aromatic N) is 1. The van der Waals surface area contributed by atoms with Crippen LogP contribution in [0.5, 0.6) is 0 Å². The van der Waals surface area contributed by atoms with E-state index < -0.39 is 0 Å². The number of hydrogen-bond donors (Lipinski definition) is 0. The molecule has 0 fully saturated rings. The maximum Gasteiger partial charge on any atom is 0.226 e. The Kier molecular flexibility index (Phi) is 5.69. The molecule has 21 heavy (non-hydrogen) atoms. The fourth-order valence-electron chi connectivity index (χ4n) is 3.30. The van der Waals surface area contributed by atoms with Gasteiger partial charge in [-0.2, -0.15) is 0 Å². The highest BCUT2D eigenvalue weighted by Gasteiger charge is 2.36. The standard InChI is InChI=1S/C19H35NO/c1-9-10-11-14-12-15(18(2,3)4)16(19(5,6)7)13-20(8)17(14)21/h14H,9-13H2,1-8H3. The Morgan fingerprint density at radius 2 is 1.57 bits per heavy atom. The number of hydrogen-bond acceptors (Lipinski definition) is 1. The lowest BCUT2D eigenvalue weighted by Crippen LogP contribution is -2.34. The van der Waals surface area contributed by atoms with Crippen molar-refractivity contribution in [3.05, 3.63) is 11.1 Å². The van der Waals surface area contributed by atoms with Crippen molar-refractivity contribution in [2.24, 2.45) is 16.7 Å². The fraction of sp³-hybridized carbons (Fsp3) is 0.842. The maximum atomic E-state index is 12.7. The van der Waals surface area contributed by atoms with E-state index in [4.69, 9.17) is 0 Å². The number of amides is 1. The second-order valence-corrected chi connectivity index (χ2v) is 8.69. The van der Waals surface area contributed by atoms with Crippen LogP contribution in [-0.2, 0) is 4.79 Å². The Hall–Kier alpha value is -0.790. The van der Waals surface area contributed by atoms with Crippen molar-refractivity contribution in [1.29, 1.82) is 0 Å². The van der Waals surface area contributed by atoms with Crippen molar-refractivity contribution in [3.8, 4) is 0 Å². The van der Waals surface area contributed by atoms with Gasteiger partial charge in [-0.3, -0.25) is 4.79 Å². The summed E-state index contributed by atoms with van der Waals surface area (Å²) < 4.78 is 0. The predicted molar refractivity (Wildman–Crippen MR) is 91.2 cm³/mol. The average molecular weight is 293 g/mol. The van der Waals surface area contributed by atoms with Crippen molar-refractivity contribution in [2.45, 2.75) is 74.1 Å². The van der Waals surface area contributed by atoms with Crippen LogP contribution in [0.3, 0.4) is 0 Å². The first-order chi connectivity index (χ1) is 9.48. The summed E-state index contributed by atoms with van der Waals surface area (Å²) in [6.07, 6.45) is 4.27. The van der Waals surface area contributed by atoms with Gasteiger partial charge in [0, 0.05) is 19.5 Å². The number of allylic oxidation sites excluding steroid dienone is 1. The van der Waals surface area contributed by atoms with Gasteiger partial charge in [0.15, 0.2) is 0 Å². The van der Waals surface area contributed by atoms with Crippen LogP contribution in [0.25, 0.3) is 0 Å². The van der Waals surface area contributed by atoms with Crippen LogP contribution in [0.4, 0.5) is 0 Å². The Labute approximate surface area is 132 Å². The molecule has 1 atom stereocenters. The van der Waals surface area contributed by atoms with E-state index in [1.807, 2.05) is 11.9 Å². The smallest absolute Gasteiger partial charge is 0.226 e.